The Morgan fingerprint density at radius 3 is 2.67 bits per heavy atom. The first-order chi connectivity index (χ1) is 6.88. The van der Waals surface area contributed by atoms with E-state index in [-0.39, 0.29) is 23.8 Å². The number of hydrogen-bond donors (Lipinski definition) is 0. The summed E-state index contributed by atoms with van der Waals surface area (Å²) >= 11 is 0. The Bertz CT molecular complexity index is 255. The Morgan fingerprint density at radius 1 is 1.47 bits per heavy atom. The molecule has 0 radical (unpaired) electrons. The minimum atomic E-state index is -0.363. The van der Waals surface area contributed by atoms with Gasteiger partial charge in [-0.2, -0.15) is 0 Å². The maximum absolute atomic E-state index is 11.5. The standard InChI is InChI=1S/C11H19NO3/c1-11(2,3)8-15-10(14)12-6-4-5-9(13)7-12/h4-8H2,1-3H3. The summed E-state index contributed by atoms with van der Waals surface area (Å²) in [4.78, 5) is 24.2. The zero-order chi connectivity index (χ0) is 11.5. The average Bonchev–Trinajstić information content (AvgIpc) is 2.13. The number of likely N-dealkylation sites (tertiary alicyclic amines) is 1. The molecule has 86 valence electrons. The van der Waals surface area contributed by atoms with Crippen molar-refractivity contribution in [3.8, 4) is 0 Å². The van der Waals surface area contributed by atoms with E-state index in [0.717, 1.165) is 6.42 Å². The fourth-order valence-electron chi connectivity index (χ4n) is 1.36. The molecule has 1 rings (SSSR count). The second kappa shape index (κ2) is 4.64. The van der Waals surface area contributed by atoms with Crippen LogP contribution in [0, 0.1) is 5.41 Å². The molecule has 4 nitrogen and oxygen atoms in total. The van der Waals surface area contributed by atoms with Gasteiger partial charge < -0.3 is 9.64 Å². The van der Waals surface area contributed by atoms with Gasteiger partial charge in [0, 0.05) is 13.0 Å². The van der Waals surface area contributed by atoms with E-state index in [4.69, 9.17) is 4.74 Å². The first-order valence-electron chi connectivity index (χ1n) is 5.32. The summed E-state index contributed by atoms with van der Waals surface area (Å²) in [6.07, 6.45) is 0.977. The highest BCUT2D eigenvalue weighted by molar-refractivity contribution is 5.85. The molecule has 1 saturated heterocycles. The lowest BCUT2D eigenvalue weighted by Gasteiger charge is -2.27. The summed E-state index contributed by atoms with van der Waals surface area (Å²) in [6, 6.07) is 0. The van der Waals surface area contributed by atoms with Crippen molar-refractivity contribution in [1.82, 2.24) is 4.90 Å². The molecule has 4 heteroatoms. The van der Waals surface area contributed by atoms with Crippen molar-refractivity contribution in [2.45, 2.75) is 33.6 Å². The van der Waals surface area contributed by atoms with E-state index < -0.39 is 0 Å². The van der Waals surface area contributed by atoms with Crippen LogP contribution >= 0.6 is 0 Å². The molecule has 0 atom stereocenters. The molecule has 0 aromatic carbocycles. The average molecular weight is 213 g/mol. The SMILES string of the molecule is CC(C)(C)COC(=O)N1CCCC(=O)C1. The number of rotatable bonds is 1. The minimum absolute atomic E-state index is 0.0323. The van der Waals surface area contributed by atoms with E-state index >= 15 is 0 Å². The lowest BCUT2D eigenvalue weighted by atomic mass is 9.99. The molecule has 1 fully saturated rings. The van der Waals surface area contributed by atoms with Gasteiger partial charge in [0.1, 0.15) is 0 Å². The molecule has 1 aliphatic rings. The number of hydrogen-bond acceptors (Lipinski definition) is 3. The highest BCUT2D eigenvalue weighted by Gasteiger charge is 2.23. The molecular formula is C11H19NO3. The predicted molar refractivity (Wildman–Crippen MR) is 56.6 cm³/mol. The van der Waals surface area contributed by atoms with Gasteiger partial charge in [-0.1, -0.05) is 20.8 Å². The molecule has 0 bridgehead atoms. The predicted octanol–water partition coefficient (Wildman–Crippen LogP) is 1.83. The number of ketones is 1. The largest absolute Gasteiger partial charge is 0.449 e. The topological polar surface area (TPSA) is 46.6 Å². The van der Waals surface area contributed by atoms with Crippen LogP contribution < -0.4 is 0 Å². The summed E-state index contributed by atoms with van der Waals surface area (Å²) in [5.74, 6) is 0.119. The molecule has 15 heavy (non-hydrogen) atoms. The second-order valence-corrected chi connectivity index (χ2v) is 5.18. The highest BCUT2D eigenvalue weighted by Crippen LogP contribution is 2.14. The normalized spacial score (nSPS) is 17.8. The zero-order valence-electron chi connectivity index (χ0n) is 9.71. The molecule has 0 aromatic heterocycles. The number of carbonyl (C=O) groups is 2. The molecule has 0 spiro atoms. The molecular weight excluding hydrogens is 194 g/mol. The van der Waals surface area contributed by atoms with Crippen LogP contribution in [0.3, 0.4) is 0 Å². The van der Waals surface area contributed by atoms with Crippen LogP contribution in [-0.4, -0.2) is 36.5 Å². The Labute approximate surface area is 90.6 Å². The van der Waals surface area contributed by atoms with Gasteiger partial charge >= 0.3 is 6.09 Å². The molecule has 1 heterocycles. The van der Waals surface area contributed by atoms with E-state index in [0.29, 0.717) is 19.6 Å². The Hall–Kier alpha value is -1.06. The van der Waals surface area contributed by atoms with E-state index in [1.807, 2.05) is 20.8 Å². The Kier molecular flexibility index (Phi) is 3.72. The maximum atomic E-state index is 11.5. The molecule has 0 saturated carbocycles. The van der Waals surface area contributed by atoms with Crippen LogP contribution in [0.1, 0.15) is 33.6 Å². The molecule has 1 aliphatic heterocycles. The molecule has 0 aliphatic carbocycles. The van der Waals surface area contributed by atoms with E-state index in [2.05, 4.69) is 0 Å². The van der Waals surface area contributed by atoms with Crippen molar-refractivity contribution in [3.05, 3.63) is 0 Å². The molecule has 0 N–H and O–H groups in total. The van der Waals surface area contributed by atoms with Crippen LogP contribution in [0.4, 0.5) is 4.79 Å². The van der Waals surface area contributed by atoms with Gasteiger partial charge in [0.25, 0.3) is 0 Å². The van der Waals surface area contributed by atoms with Crippen molar-refractivity contribution < 1.29 is 14.3 Å². The summed E-state index contributed by atoms with van der Waals surface area (Å²) in [5.41, 5.74) is -0.0323. The van der Waals surface area contributed by atoms with Crippen LogP contribution in [0.25, 0.3) is 0 Å². The van der Waals surface area contributed by atoms with Gasteiger partial charge in [-0.25, -0.2) is 4.79 Å². The summed E-state index contributed by atoms with van der Waals surface area (Å²) in [6.45, 7) is 7.24. The summed E-state index contributed by atoms with van der Waals surface area (Å²) < 4.78 is 5.13. The van der Waals surface area contributed by atoms with E-state index in [1.54, 1.807) is 0 Å². The third-order valence-electron chi connectivity index (χ3n) is 2.14. The van der Waals surface area contributed by atoms with Crippen molar-refractivity contribution in [2.24, 2.45) is 5.41 Å². The van der Waals surface area contributed by atoms with Gasteiger partial charge in [0.15, 0.2) is 5.78 Å². The van der Waals surface area contributed by atoms with Crippen LogP contribution in [-0.2, 0) is 9.53 Å². The molecule has 1 amide bonds. The van der Waals surface area contributed by atoms with Crippen molar-refractivity contribution in [2.75, 3.05) is 19.7 Å². The highest BCUT2D eigenvalue weighted by atomic mass is 16.6. The van der Waals surface area contributed by atoms with E-state index in [9.17, 15) is 9.59 Å². The number of piperidine rings is 1. The van der Waals surface area contributed by atoms with Gasteiger partial charge in [-0.05, 0) is 11.8 Å². The van der Waals surface area contributed by atoms with Crippen LogP contribution in [0.5, 0.6) is 0 Å². The van der Waals surface area contributed by atoms with Crippen LogP contribution in [0.15, 0.2) is 0 Å². The van der Waals surface area contributed by atoms with Gasteiger partial charge in [0.2, 0.25) is 0 Å². The zero-order valence-corrected chi connectivity index (χ0v) is 9.71. The number of nitrogens with zero attached hydrogens (tertiary/aromatic N) is 1. The second-order valence-electron chi connectivity index (χ2n) is 5.18. The molecule has 0 aromatic rings. The Morgan fingerprint density at radius 2 is 2.13 bits per heavy atom. The van der Waals surface area contributed by atoms with Gasteiger partial charge in [0.05, 0.1) is 13.2 Å². The monoisotopic (exact) mass is 213 g/mol. The number of carbonyl (C=O) groups excluding carboxylic acids is 2. The third-order valence-corrected chi connectivity index (χ3v) is 2.14. The smallest absolute Gasteiger partial charge is 0.410 e. The van der Waals surface area contributed by atoms with E-state index in [1.165, 1.54) is 4.90 Å². The lowest BCUT2D eigenvalue weighted by Crippen LogP contribution is -2.41. The van der Waals surface area contributed by atoms with Crippen LogP contribution in [0.2, 0.25) is 0 Å². The Balaban J connectivity index is 2.36. The lowest BCUT2D eigenvalue weighted by molar-refractivity contribution is -0.121. The fourth-order valence-corrected chi connectivity index (χ4v) is 1.36. The number of Topliss-reactive ketones (excluding diaryl/α,β-unsaturated/α-hetero) is 1. The van der Waals surface area contributed by atoms with Gasteiger partial charge in [-0.15, -0.1) is 0 Å². The number of amides is 1. The first-order valence-corrected chi connectivity index (χ1v) is 5.32. The summed E-state index contributed by atoms with van der Waals surface area (Å²) in [7, 11) is 0. The minimum Gasteiger partial charge on any atom is -0.449 e. The maximum Gasteiger partial charge on any atom is 0.410 e. The first kappa shape index (κ1) is 12.0. The molecule has 0 unspecified atom stereocenters. The number of ether oxygens (including phenoxy) is 1. The van der Waals surface area contributed by atoms with Crippen molar-refractivity contribution in [1.29, 1.82) is 0 Å². The summed E-state index contributed by atoms with van der Waals surface area (Å²) in [5, 5.41) is 0. The third kappa shape index (κ3) is 4.32. The van der Waals surface area contributed by atoms with Gasteiger partial charge in [-0.3, -0.25) is 4.79 Å². The van der Waals surface area contributed by atoms with Crippen molar-refractivity contribution >= 4 is 11.9 Å². The van der Waals surface area contributed by atoms with Crippen molar-refractivity contribution in [3.63, 3.8) is 0 Å². The quantitative estimate of drug-likeness (QED) is 0.667. The fraction of sp³-hybridized carbons (Fsp3) is 0.818.